The number of nitrogens with zero attached hydrogens (tertiary/aromatic N) is 5. The van der Waals surface area contributed by atoms with Crippen LogP contribution in [0.5, 0.6) is 0 Å². The van der Waals surface area contributed by atoms with Crippen molar-refractivity contribution < 1.29 is 9.53 Å². The molecular formula is C24H25ClN6O3S. The van der Waals surface area contributed by atoms with E-state index in [1.54, 1.807) is 47.0 Å². The molecule has 3 aromatic heterocycles. The number of carbonyl (C=O) groups is 1. The van der Waals surface area contributed by atoms with E-state index in [0.717, 1.165) is 30.0 Å². The number of ether oxygens (including phenoxy) is 1. The average Bonchev–Trinajstić information content (AvgIpc) is 3.52. The molecule has 4 aromatic rings. The molecule has 0 aliphatic rings. The van der Waals surface area contributed by atoms with Crippen LogP contribution in [0, 0.1) is 0 Å². The molecule has 0 aliphatic carbocycles. The Hall–Kier alpha value is -3.47. The Kier molecular flexibility index (Phi) is 7.96. The van der Waals surface area contributed by atoms with Crippen LogP contribution in [0.3, 0.4) is 0 Å². The topological polar surface area (TPSA) is 94.3 Å². The van der Waals surface area contributed by atoms with Crippen LogP contribution in [0.2, 0.25) is 4.34 Å². The van der Waals surface area contributed by atoms with Gasteiger partial charge in [-0.2, -0.15) is 0 Å². The number of aromatic nitrogens is 4. The molecule has 1 aromatic carbocycles. The fraction of sp³-hybridized carbons (Fsp3) is 0.250. The molecule has 0 fully saturated rings. The van der Waals surface area contributed by atoms with Gasteiger partial charge in [0.1, 0.15) is 5.69 Å². The van der Waals surface area contributed by atoms with E-state index in [1.807, 2.05) is 31.3 Å². The van der Waals surface area contributed by atoms with Gasteiger partial charge in [0.25, 0.3) is 11.5 Å². The molecule has 0 atom stereocenters. The second kappa shape index (κ2) is 11.3. The summed E-state index contributed by atoms with van der Waals surface area (Å²) >= 11 is 7.14. The van der Waals surface area contributed by atoms with E-state index in [0.29, 0.717) is 21.5 Å². The summed E-state index contributed by atoms with van der Waals surface area (Å²) in [5, 5.41) is 11.3. The Morgan fingerprint density at radius 1 is 1.23 bits per heavy atom. The summed E-state index contributed by atoms with van der Waals surface area (Å²) in [5.41, 5.74) is 2.92. The molecule has 0 radical (unpaired) electrons. The van der Waals surface area contributed by atoms with E-state index >= 15 is 0 Å². The number of hydrogen-bond acceptors (Lipinski definition) is 7. The van der Waals surface area contributed by atoms with Crippen molar-refractivity contribution in [3.63, 3.8) is 0 Å². The van der Waals surface area contributed by atoms with Gasteiger partial charge in [-0.05, 0) is 42.8 Å². The molecule has 9 nitrogen and oxygen atoms in total. The van der Waals surface area contributed by atoms with Crippen LogP contribution in [0.4, 0.5) is 5.69 Å². The highest BCUT2D eigenvalue weighted by Gasteiger charge is 2.15. The maximum Gasteiger partial charge on any atom is 0.261 e. The molecule has 0 saturated heterocycles. The largest absolute Gasteiger partial charge is 0.385 e. The van der Waals surface area contributed by atoms with Crippen LogP contribution in [-0.2, 0) is 11.3 Å². The summed E-state index contributed by atoms with van der Waals surface area (Å²) in [7, 11) is 3.66. The SMILES string of the molecule is COCCCN(C)c1cc(-n2ccccc2=O)ccc1-n1cc(CNC(=O)c2ccc(Cl)s2)nn1. The Bertz CT molecular complexity index is 1370. The minimum Gasteiger partial charge on any atom is -0.385 e. The lowest BCUT2D eigenvalue weighted by Gasteiger charge is -2.23. The van der Waals surface area contributed by atoms with Crippen molar-refractivity contribution in [3.05, 3.63) is 86.2 Å². The van der Waals surface area contributed by atoms with Crippen molar-refractivity contribution >= 4 is 34.5 Å². The number of pyridine rings is 1. The molecule has 4 rings (SSSR count). The number of benzene rings is 1. The highest BCUT2D eigenvalue weighted by atomic mass is 35.5. The highest BCUT2D eigenvalue weighted by molar-refractivity contribution is 7.17. The molecule has 1 amide bonds. The first-order valence-electron chi connectivity index (χ1n) is 10.9. The van der Waals surface area contributed by atoms with Gasteiger partial charge in [0.2, 0.25) is 0 Å². The molecule has 0 unspecified atom stereocenters. The standard InChI is InChI=1S/C24H25ClN6O3S/c1-29(11-5-13-34-2)20-14-18(30-12-4-3-6-23(30)32)7-8-19(20)31-16-17(27-28-31)15-26-24(33)21-9-10-22(25)35-21/h3-4,6-10,12,14,16H,5,11,13,15H2,1-2H3,(H,26,33). The number of anilines is 1. The third kappa shape index (κ3) is 5.97. The molecule has 182 valence electrons. The van der Waals surface area contributed by atoms with Crippen molar-refractivity contribution in [2.24, 2.45) is 0 Å². The predicted octanol–water partition coefficient (Wildman–Crippen LogP) is 3.54. The predicted molar refractivity (Wildman–Crippen MR) is 137 cm³/mol. The third-order valence-electron chi connectivity index (χ3n) is 5.33. The lowest BCUT2D eigenvalue weighted by molar-refractivity contribution is 0.0954. The molecule has 0 aliphatic heterocycles. The molecule has 0 saturated carbocycles. The number of rotatable bonds is 10. The highest BCUT2D eigenvalue weighted by Crippen LogP contribution is 2.27. The summed E-state index contributed by atoms with van der Waals surface area (Å²) in [6.07, 6.45) is 4.35. The van der Waals surface area contributed by atoms with Gasteiger partial charge in [-0.3, -0.25) is 14.2 Å². The van der Waals surface area contributed by atoms with E-state index in [4.69, 9.17) is 16.3 Å². The van der Waals surface area contributed by atoms with E-state index in [2.05, 4.69) is 20.5 Å². The van der Waals surface area contributed by atoms with Crippen LogP contribution in [-0.4, -0.2) is 52.8 Å². The third-order valence-corrected chi connectivity index (χ3v) is 6.56. The summed E-state index contributed by atoms with van der Waals surface area (Å²) in [4.78, 5) is 27.3. The zero-order chi connectivity index (χ0) is 24.8. The number of methoxy groups -OCH3 is 1. The maximum atomic E-state index is 12.4. The quantitative estimate of drug-likeness (QED) is 0.327. The lowest BCUT2D eigenvalue weighted by atomic mass is 10.2. The van der Waals surface area contributed by atoms with Crippen LogP contribution in [0.1, 0.15) is 21.8 Å². The normalized spacial score (nSPS) is 10.9. The first kappa shape index (κ1) is 24.6. The fourth-order valence-electron chi connectivity index (χ4n) is 3.56. The van der Waals surface area contributed by atoms with Gasteiger partial charge in [-0.1, -0.05) is 22.9 Å². The number of amides is 1. The zero-order valence-electron chi connectivity index (χ0n) is 19.3. The van der Waals surface area contributed by atoms with Gasteiger partial charge >= 0.3 is 0 Å². The molecule has 1 N–H and O–H groups in total. The van der Waals surface area contributed by atoms with Crippen molar-refractivity contribution in [1.82, 2.24) is 24.9 Å². The van der Waals surface area contributed by atoms with Gasteiger partial charge in [-0.25, -0.2) is 4.68 Å². The second-order valence-electron chi connectivity index (χ2n) is 7.79. The summed E-state index contributed by atoms with van der Waals surface area (Å²) in [5.74, 6) is -0.215. The Labute approximate surface area is 211 Å². The molecule has 0 bridgehead atoms. The first-order valence-corrected chi connectivity index (χ1v) is 12.1. The van der Waals surface area contributed by atoms with Gasteiger partial charge in [0, 0.05) is 39.6 Å². The maximum absolute atomic E-state index is 12.4. The molecule has 35 heavy (non-hydrogen) atoms. The molecule has 3 heterocycles. The fourth-order valence-corrected chi connectivity index (χ4v) is 4.52. The zero-order valence-corrected chi connectivity index (χ0v) is 20.9. The lowest BCUT2D eigenvalue weighted by Crippen LogP contribution is -2.23. The van der Waals surface area contributed by atoms with E-state index < -0.39 is 0 Å². The van der Waals surface area contributed by atoms with E-state index in [9.17, 15) is 9.59 Å². The van der Waals surface area contributed by atoms with Crippen LogP contribution >= 0.6 is 22.9 Å². The summed E-state index contributed by atoms with van der Waals surface area (Å²) < 4.78 is 9.02. The van der Waals surface area contributed by atoms with Crippen LogP contribution < -0.4 is 15.8 Å². The van der Waals surface area contributed by atoms with Crippen LogP contribution in [0.15, 0.2) is 65.7 Å². The smallest absolute Gasteiger partial charge is 0.261 e. The molecule has 0 spiro atoms. The van der Waals surface area contributed by atoms with Crippen molar-refractivity contribution in [1.29, 1.82) is 0 Å². The second-order valence-corrected chi connectivity index (χ2v) is 9.51. The van der Waals surface area contributed by atoms with Gasteiger partial charge in [0.05, 0.1) is 39.0 Å². The molecule has 11 heteroatoms. The average molecular weight is 513 g/mol. The van der Waals surface area contributed by atoms with Crippen molar-refractivity contribution in [2.45, 2.75) is 13.0 Å². The van der Waals surface area contributed by atoms with E-state index in [-0.39, 0.29) is 18.0 Å². The summed E-state index contributed by atoms with van der Waals surface area (Å²) in [6.45, 7) is 1.61. The number of nitrogens with one attached hydrogen (secondary N) is 1. The number of thiophene rings is 1. The summed E-state index contributed by atoms with van der Waals surface area (Å²) in [6, 6.07) is 14.2. The number of hydrogen-bond donors (Lipinski definition) is 1. The Morgan fingerprint density at radius 2 is 2.09 bits per heavy atom. The van der Waals surface area contributed by atoms with E-state index in [1.165, 1.54) is 17.4 Å². The van der Waals surface area contributed by atoms with Gasteiger partial charge in [-0.15, -0.1) is 16.4 Å². The van der Waals surface area contributed by atoms with Crippen molar-refractivity contribution in [2.75, 3.05) is 32.2 Å². The number of carbonyl (C=O) groups excluding carboxylic acids is 1. The van der Waals surface area contributed by atoms with Gasteiger partial charge in [0.15, 0.2) is 0 Å². The first-order chi connectivity index (χ1) is 17.0. The van der Waals surface area contributed by atoms with Gasteiger partial charge < -0.3 is 15.0 Å². The minimum absolute atomic E-state index is 0.112. The monoisotopic (exact) mass is 512 g/mol. The van der Waals surface area contributed by atoms with Crippen molar-refractivity contribution in [3.8, 4) is 11.4 Å². The van der Waals surface area contributed by atoms with Crippen LogP contribution in [0.25, 0.3) is 11.4 Å². The molecular weight excluding hydrogens is 488 g/mol. The number of halogens is 1. The minimum atomic E-state index is -0.215. The Morgan fingerprint density at radius 3 is 2.83 bits per heavy atom. The Balaban J connectivity index is 1.59.